The second-order valence-electron chi connectivity index (χ2n) is 7.09. The Hall–Kier alpha value is -2.69. The molecule has 4 rings (SSSR count). The fraction of sp³-hybridized carbons (Fsp3) is 0.381. The molecule has 2 N–H and O–H groups in total. The molecule has 136 valence electrons. The van der Waals surface area contributed by atoms with E-state index in [1.807, 2.05) is 29.2 Å². The molecule has 0 saturated carbocycles. The van der Waals surface area contributed by atoms with Crippen molar-refractivity contribution in [3.63, 3.8) is 0 Å². The van der Waals surface area contributed by atoms with Crippen LogP contribution in [0.15, 0.2) is 48.5 Å². The SMILES string of the molecule is Nc1ccc(N2CCN(c3ccccc3)CC2)c(C(=O)N2CCCC2)c1. The van der Waals surface area contributed by atoms with E-state index in [1.54, 1.807) is 0 Å². The van der Waals surface area contributed by atoms with E-state index in [0.717, 1.165) is 63.4 Å². The summed E-state index contributed by atoms with van der Waals surface area (Å²) in [6.45, 7) is 5.42. The molecule has 2 aliphatic rings. The van der Waals surface area contributed by atoms with E-state index in [-0.39, 0.29) is 5.91 Å². The molecule has 0 spiro atoms. The highest BCUT2D eigenvalue weighted by Gasteiger charge is 2.26. The van der Waals surface area contributed by atoms with E-state index >= 15 is 0 Å². The Bertz CT molecular complexity index is 763. The average Bonchev–Trinajstić information content (AvgIpc) is 3.23. The Morgan fingerprint density at radius 2 is 1.46 bits per heavy atom. The molecule has 2 aromatic rings. The first-order valence-corrected chi connectivity index (χ1v) is 9.46. The number of piperazine rings is 1. The molecule has 0 radical (unpaired) electrons. The van der Waals surface area contributed by atoms with Crippen molar-refractivity contribution in [3.05, 3.63) is 54.1 Å². The topological polar surface area (TPSA) is 52.8 Å². The lowest BCUT2D eigenvalue weighted by Crippen LogP contribution is -2.47. The second-order valence-corrected chi connectivity index (χ2v) is 7.09. The number of hydrogen-bond donors (Lipinski definition) is 1. The van der Waals surface area contributed by atoms with Crippen LogP contribution in [0, 0.1) is 0 Å². The maximum absolute atomic E-state index is 13.0. The van der Waals surface area contributed by atoms with Gasteiger partial charge in [0.2, 0.25) is 0 Å². The molecule has 2 heterocycles. The molecule has 5 nitrogen and oxygen atoms in total. The number of nitrogens with two attached hydrogens (primary N) is 1. The Balaban J connectivity index is 1.52. The Labute approximate surface area is 155 Å². The third-order valence-corrected chi connectivity index (χ3v) is 5.39. The first kappa shape index (κ1) is 16.8. The third-order valence-electron chi connectivity index (χ3n) is 5.39. The van der Waals surface area contributed by atoms with E-state index in [9.17, 15) is 4.79 Å². The predicted octanol–water partition coefficient (Wildman–Crippen LogP) is 2.83. The number of para-hydroxylation sites is 1. The van der Waals surface area contributed by atoms with Crippen LogP contribution in [0.25, 0.3) is 0 Å². The van der Waals surface area contributed by atoms with Crippen LogP contribution in [0.1, 0.15) is 23.2 Å². The lowest BCUT2D eigenvalue weighted by atomic mass is 10.1. The van der Waals surface area contributed by atoms with Gasteiger partial charge in [0.1, 0.15) is 0 Å². The molecule has 0 bridgehead atoms. The number of nitrogens with zero attached hydrogens (tertiary/aromatic N) is 3. The van der Waals surface area contributed by atoms with Gasteiger partial charge in [-0.2, -0.15) is 0 Å². The number of likely N-dealkylation sites (tertiary alicyclic amines) is 1. The van der Waals surface area contributed by atoms with Gasteiger partial charge in [-0.25, -0.2) is 0 Å². The molecule has 0 aliphatic carbocycles. The zero-order chi connectivity index (χ0) is 17.9. The first-order chi connectivity index (χ1) is 12.7. The number of nitrogen functional groups attached to an aromatic ring is 1. The van der Waals surface area contributed by atoms with Gasteiger partial charge in [0.25, 0.3) is 5.91 Å². The third kappa shape index (κ3) is 3.34. The van der Waals surface area contributed by atoms with Crippen molar-refractivity contribution in [1.82, 2.24) is 4.90 Å². The summed E-state index contributed by atoms with van der Waals surface area (Å²) in [5.41, 5.74) is 9.68. The van der Waals surface area contributed by atoms with Crippen LogP contribution < -0.4 is 15.5 Å². The number of benzene rings is 2. The van der Waals surface area contributed by atoms with Crippen molar-refractivity contribution < 1.29 is 4.79 Å². The maximum Gasteiger partial charge on any atom is 0.256 e. The molecule has 0 aromatic heterocycles. The molecule has 2 aromatic carbocycles. The van der Waals surface area contributed by atoms with Gasteiger partial charge < -0.3 is 20.4 Å². The fourth-order valence-corrected chi connectivity index (χ4v) is 3.94. The summed E-state index contributed by atoms with van der Waals surface area (Å²) in [6.07, 6.45) is 2.19. The molecule has 0 atom stereocenters. The zero-order valence-corrected chi connectivity index (χ0v) is 15.1. The minimum absolute atomic E-state index is 0.121. The summed E-state index contributed by atoms with van der Waals surface area (Å²) in [5, 5.41) is 0. The average molecular weight is 350 g/mol. The number of anilines is 3. The Morgan fingerprint density at radius 1 is 0.808 bits per heavy atom. The monoisotopic (exact) mass is 350 g/mol. The molecular weight excluding hydrogens is 324 g/mol. The summed E-state index contributed by atoms with van der Waals surface area (Å²) in [5.74, 6) is 0.121. The summed E-state index contributed by atoms with van der Waals surface area (Å²) in [6, 6.07) is 16.3. The number of carbonyl (C=O) groups is 1. The summed E-state index contributed by atoms with van der Waals surface area (Å²) >= 11 is 0. The normalized spacial score (nSPS) is 17.6. The van der Waals surface area contributed by atoms with Crippen molar-refractivity contribution in [2.45, 2.75) is 12.8 Å². The van der Waals surface area contributed by atoms with Crippen LogP contribution in [0.3, 0.4) is 0 Å². The number of hydrogen-bond acceptors (Lipinski definition) is 4. The Morgan fingerprint density at radius 3 is 2.15 bits per heavy atom. The second kappa shape index (κ2) is 7.28. The van der Waals surface area contributed by atoms with Crippen molar-refractivity contribution in [2.75, 3.05) is 54.8 Å². The van der Waals surface area contributed by atoms with Gasteiger partial charge in [0.05, 0.1) is 5.56 Å². The van der Waals surface area contributed by atoms with Crippen molar-refractivity contribution in [2.24, 2.45) is 0 Å². The number of rotatable bonds is 3. The van der Waals surface area contributed by atoms with E-state index in [2.05, 4.69) is 34.1 Å². The van der Waals surface area contributed by atoms with Crippen LogP contribution in [-0.4, -0.2) is 50.1 Å². The van der Waals surface area contributed by atoms with Crippen LogP contribution in [0.2, 0.25) is 0 Å². The first-order valence-electron chi connectivity index (χ1n) is 9.46. The number of amides is 1. The van der Waals surface area contributed by atoms with Crippen molar-refractivity contribution in [1.29, 1.82) is 0 Å². The summed E-state index contributed by atoms with van der Waals surface area (Å²) in [7, 11) is 0. The highest BCUT2D eigenvalue weighted by atomic mass is 16.2. The summed E-state index contributed by atoms with van der Waals surface area (Å²) in [4.78, 5) is 19.7. The van der Waals surface area contributed by atoms with Crippen LogP contribution in [0.4, 0.5) is 17.1 Å². The molecule has 0 unspecified atom stereocenters. The largest absolute Gasteiger partial charge is 0.399 e. The molecule has 2 aliphatic heterocycles. The van der Waals surface area contributed by atoms with Gasteiger partial charge >= 0.3 is 0 Å². The molecule has 1 amide bonds. The van der Waals surface area contributed by atoms with Gasteiger partial charge in [-0.1, -0.05) is 18.2 Å². The minimum atomic E-state index is 0.121. The minimum Gasteiger partial charge on any atom is -0.399 e. The van der Waals surface area contributed by atoms with Crippen molar-refractivity contribution >= 4 is 23.0 Å². The summed E-state index contributed by atoms with van der Waals surface area (Å²) < 4.78 is 0. The van der Waals surface area contributed by atoms with Gasteiger partial charge in [-0.05, 0) is 43.2 Å². The molecule has 2 fully saturated rings. The quantitative estimate of drug-likeness (QED) is 0.865. The zero-order valence-electron chi connectivity index (χ0n) is 15.1. The highest BCUT2D eigenvalue weighted by molar-refractivity contribution is 6.01. The van der Waals surface area contributed by atoms with Gasteiger partial charge in [0.15, 0.2) is 0 Å². The molecule has 5 heteroatoms. The smallest absolute Gasteiger partial charge is 0.256 e. The van der Waals surface area contributed by atoms with Crippen molar-refractivity contribution in [3.8, 4) is 0 Å². The Kier molecular flexibility index (Phi) is 4.69. The molecular formula is C21H26N4O. The van der Waals surface area contributed by atoms with E-state index in [0.29, 0.717) is 5.69 Å². The van der Waals surface area contributed by atoms with Gasteiger partial charge in [0, 0.05) is 56.3 Å². The standard InChI is InChI=1S/C21H26N4O/c22-17-8-9-20(19(16-17)21(26)25-10-4-5-11-25)24-14-12-23(13-15-24)18-6-2-1-3-7-18/h1-3,6-9,16H,4-5,10-15,22H2. The predicted molar refractivity (Wildman–Crippen MR) is 107 cm³/mol. The van der Waals surface area contributed by atoms with E-state index in [1.165, 1.54) is 5.69 Å². The number of carbonyl (C=O) groups excluding carboxylic acids is 1. The van der Waals surface area contributed by atoms with Crippen LogP contribution in [0.5, 0.6) is 0 Å². The fourth-order valence-electron chi connectivity index (χ4n) is 3.94. The van der Waals surface area contributed by atoms with E-state index in [4.69, 9.17) is 5.73 Å². The van der Waals surface area contributed by atoms with Gasteiger partial charge in [-0.3, -0.25) is 4.79 Å². The molecule has 26 heavy (non-hydrogen) atoms. The lowest BCUT2D eigenvalue weighted by Gasteiger charge is -2.38. The maximum atomic E-state index is 13.0. The highest BCUT2D eigenvalue weighted by Crippen LogP contribution is 2.28. The molecule has 2 saturated heterocycles. The van der Waals surface area contributed by atoms with Crippen LogP contribution in [-0.2, 0) is 0 Å². The van der Waals surface area contributed by atoms with E-state index < -0.39 is 0 Å². The van der Waals surface area contributed by atoms with Gasteiger partial charge in [-0.15, -0.1) is 0 Å². The lowest BCUT2D eigenvalue weighted by molar-refractivity contribution is 0.0793. The van der Waals surface area contributed by atoms with Crippen LogP contribution >= 0.6 is 0 Å².